The summed E-state index contributed by atoms with van der Waals surface area (Å²) < 4.78 is 55.4. The Hall–Kier alpha value is -2.57. The number of hydrogen-bond acceptors (Lipinski definition) is 2. The first-order chi connectivity index (χ1) is 11.8. The van der Waals surface area contributed by atoms with Gasteiger partial charge in [0.2, 0.25) is 5.91 Å². The Kier molecular flexibility index (Phi) is 6.38. The molecule has 25 heavy (non-hydrogen) atoms. The number of carbonyl (C=O) groups excluding carboxylic acids is 1. The molecule has 0 bridgehead atoms. The number of alkyl halides is 2. The summed E-state index contributed by atoms with van der Waals surface area (Å²) in [5.41, 5.74) is 0.707. The summed E-state index contributed by atoms with van der Waals surface area (Å²) in [4.78, 5) is 12.0. The molecule has 2 rings (SSSR count). The highest BCUT2D eigenvalue weighted by atomic mass is 19.3. The lowest BCUT2D eigenvalue weighted by Crippen LogP contribution is -2.27. The van der Waals surface area contributed by atoms with Crippen molar-refractivity contribution in [3.05, 3.63) is 65.2 Å². The lowest BCUT2D eigenvalue weighted by Gasteiger charge is -2.15. The molecule has 1 N–H and O–H groups in total. The van der Waals surface area contributed by atoms with Crippen molar-refractivity contribution in [3.63, 3.8) is 0 Å². The van der Waals surface area contributed by atoms with Crippen LogP contribution >= 0.6 is 0 Å². The average Bonchev–Trinajstić information content (AvgIpc) is 2.55. The number of halogens is 4. The van der Waals surface area contributed by atoms with Crippen LogP contribution in [0.15, 0.2) is 42.5 Å². The number of hydrogen-bond donors (Lipinski definition) is 1. The second-order valence-corrected chi connectivity index (χ2v) is 5.48. The summed E-state index contributed by atoms with van der Waals surface area (Å²) >= 11 is 0. The molecule has 1 amide bonds. The zero-order valence-electron chi connectivity index (χ0n) is 13.4. The van der Waals surface area contributed by atoms with E-state index in [0.717, 1.165) is 18.2 Å². The second kappa shape index (κ2) is 8.50. The number of ether oxygens (including phenoxy) is 1. The molecule has 0 radical (unpaired) electrons. The van der Waals surface area contributed by atoms with E-state index in [1.807, 2.05) is 0 Å². The number of carbonyl (C=O) groups is 1. The van der Waals surface area contributed by atoms with Crippen LogP contribution < -0.4 is 10.1 Å². The van der Waals surface area contributed by atoms with Gasteiger partial charge in [-0.1, -0.05) is 12.1 Å². The van der Waals surface area contributed by atoms with Crippen LogP contribution in [0, 0.1) is 11.6 Å². The summed E-state index contributed by atoms with van der Waals surface area (Å²) in [6, 6.07) is 8.62. The zero-order chi connectivity index (χ0) is 18.4. The minimum absolute atomic E-state index is 0.00423. The summed E-state index contributed by atoms with van der Waals surface area (Å²) in [6.45, 7) is -1.25. The molecule has 2 aromatic carbocycles. The third-order valence-electron chi connectivity index (χ3n) is 3.59. The zero-order valence-corrected chi connectivity index (χ0v) is 13.4. The lowest BCUT2D eigenvalue weighted by molar-refractivity contribution is -0.121. The van der Waals surface area contributed by atoms with E-state index in [1.54, 1.807) is 13.0 Å². The molecule has 0 aliphatic rings. The Bertz CT molecular complexity index is 737. The third-order valence-corrected chi connectivity index (χ3v) is 3.59. The first-order valence-corrected chi connectivity index (χ1v) is 7.63. The fourth-order valence-electron chi connectivity index (χ4n) is 2.34. The monoisotopic (exact) mass is 355 g/mol. The molecule has 3 nitrogen and oxygen atoms in total. The average molecular weight is 355 g/mol. The summed E-state index contributed by atoms with van der Waals surface area (Å²) in [7, 11) is 0. The molecule has 2 aromatic rings. The van der Waals surface area contributed by atoms with E-state index in [0.29, 0.717) is 5.56 Å². The predicted octanol–water partition coefficient (Wildman–Crippen LogP) is 4.38. The van der Waals surface area contributed by atoms with Gasteiger partial charge in [0, 0.05) is 6.42 Å². The summed E-state index contributed by atoms with van der Waals surface area (Å²) in [5.74, 6) is -1.51. The Morgan fingerprint density at radius 1 is 1.16 bits per heavy atom. The molecule has 7 heteroatoms. The number of amides is 1. The molecule has 1 unspecified atom stereocenters. The molecule has 0 aliphatic carbocycles. The van der Waals surface area contributed by atoms with E-state index in [9.17, 15) is 22.4 Å². The van der Waals surface area contributed by atoms with Crippen LogP contribution in [0.2, 0.25) is 0 Å². The molecule has 134 valence electrons. The minimum Gasteiger partial charge on any atom is -0.435 e. The maximum atomic E-state index is 13.5. The van der Waals surface area contributed by atoms with Crippen LogP contribution in [0.25, 0.3) is 0 Å². The normalized spacial score (nSPS) is 12.1. The Labute approximate surface area is 142 Å². The van der Waals surface area contributed by atoms with Gasteiger partial charge in [-0.25, -0.2) is 8.78 Å². The highest BCUT2D eigenvalue weighted by Gasteiger charge is 2.13. The third kappa shape index (κ3) is 5.77. The SMILES string of the molecule is CC(NC(=O)CCc1cc(F)ccc1F)c1cccc(OC(F)F)c1. The molecule has 0 saturated heterocycles. The van der Waals surface area contributed by atoms with Gasteiger partial charge in [-0.05, 0) is 54.8 Å². The number of rotatable bonds is 7. The molecule has 0 heterocycles. The Morgan fingerprint density at radius 3 is 2.64 bits per heavy atom. The van der Waals surface area contributed by atoms with Crippen molar-refractivity contribution in [3.8, 4) is 5.75 Å². The first-order valence-electron chi connectivity index (χ1n) is 7.63. The van der Waals surface area contributed by atoms with E-state index < -0.39 is 24.3 Å². The van der Waals surface area contributed by atoms with Crippen LogP contribution in [0.5, 0.6) is 5.75 Å². The van der Waals surface area contributed by atoms with Crippen molar-refractivity contribution in [2.24, 2.45) is 0 Å². The molecule has 0 saturated carbocycles. The highest BCUT2D eigenvalue weighted by molar-refractivity contribution is 5.76. The maximum absolute atomic E-state index is 13.5. The van der Waals surface area contributed by atoms with Crippen molar-refractivity contribution in [1.29, 1.82) is 0 Å². The largest absolute Gasteiger partial charge is 0.435 e. The van der Waals surface area contributed by atoms with Crippen LogP contribution in [-0.2, 0) is 11.2 Å². The molecule has 1 atom stereocenters. The van der Waals surface area contributed by atoms with Gasteiger partial charge in [0.15, 0.2) is 0 Å². The van der Waals surface area contributed by atoms with Crippen LogP contribution in [0.3, 0.4) is 0 Å². The van der Waals surface area contributed by atoms with E-state index in [2.05, 4.69) is 10.1 Å². The lowest BCUT2D eigenvalue weighted by atomic mass is 10.1. The van der Waals surface area contributed by atoms with E-state index in [1.165, 1.54) is 18.2 Å². The summed E-state index contributed by atoms with van der Waals surface area (Å²) in [6.07, 6.45) is 0.0224. The van der Waals surface area contributed by atoms with Gasteiger partial charge in [-0.3, -0.25) is 4.79 Å². The first kappa shape index (κ1) is 18.8. The van der Waals surface area contributed by atoms with Crippen molar-refractivity contribution in [2.45, 2.75) is 32.4 Å². The Balaban J connectivity index is 1.92. The van der Waals surface area contributed by atoms with Gasteiger partial charge in [0.1, 0.15) is 17.4 Å². The molecular formula is C18H17F4NO2. The molecular weight excluding hydrogens is 338 g/mol. The van der Waals surface area contributed by atoms with Gasteiger partial charge in [0.05, 0.1) is 6.04 Å². The molecule has 0 aliphatic heterocycles. The topological polar surface area (TPSA) is 38.3 Å². The highest BCUT2D eigenvalue weighted by Crippen LogP contribution is 2.21. The fraction of sp³-hybridized carbons (Fsp3) is 0.278. The van der Waals surface area contributed by atoms with Gasteiger partial charge < -0.3 is 10.1 Å². The van der Waals surface area contributed by atoms with Crippen LogP contribution in [-0.4, -0.2) is 12.5 Å². The number of nitrogens with one attached hydrogen (secondary N) is 1. The predicted molar refractivity (Wildman–Crippen MR) is 84.3 cm³/mol. The quantitative estimate of drug-likeness (QED) is 0.749. The molecule has 0 aromatic heterocycles. The smallest absolute Gasteiger partial charge is 0.387 e. The van der Waals surface area contributed by atoms with Gasteiger partial charge in [0.25, 0.3) is 0 Å². The number of benzene rings is 2. The minimum atomic E-state index is -2.93. The number of aryl methyl sites for hydroxylation is 1. The van der Waals surface area contributed by atoms with Crippen molar-refractivity contribution in [1.82, 2.24) is 5.32 Å². The van der Waals surface area contributed by atoms with E-state index >= 15 is 0 Å². The fourth-order valence-corrected chi connectivity index (χ4v) is 2.34. The molecule has 0 fully saturated rings. The standard InChI is InChI=1S/C18H17F4NO2/c1-11(12-3-2-4-15(10-12)25-18(21)22)23-17(24)8-5-13-9-14(19)6-7-16(13)20/h2-4,6-7,9-11,18H,5,8H2,1H3,(H,23,24). The molecule has 0 spiro atoms. The second-order valence-electron chi connectivity index (χ2n) is 5.48. The van der Waals surface area contributed by atoms with Gasteiger partial charge in [-0.15, -0.1) is 0 Å². The maximum Gasteiger partial charge on any atom is 0.387 e. The Morgan fingerprint density at radius 2 is 1.92 bits per heavy atom. The van der Waals surface area contributed by atoms with Crippen molar-refractivity contribution >= 4 is 5.91 Å². The van der Waals surface area contributed by atoms with E-state index in [4.69, 9.17) is 0 Å². The van der Waals surface area contributed by atoms with Crippen molar-refractivity contribution < 1.29 is 27.1 Å². The van der Waals surface area contributed by atoms with Gasteiger partial charge >= 0.3 is 6.61 Å². The van der Waals surface area contributed by atoms with E-state index in [-0.39, 0.29) is 30.1 Å². The van der Waals surface area contributed by atoms with Crippen molar-refractivity contribution in [2.75, 3.05) is 0 Å². The summed E-state index contributed by atoms with van der Waals surface area (Å²) in [5, 5.41) is 2.68. The van der Waals surface area contributed by atoms with Crippen LogP contribution in [0.4, 0.5) is 17.6 Å². The van der Waals surface area contributed by atoms with Crippen LogP contribution in [0.1, 0.15) is 30.5 Å². The van der Waals surface area contributed by atoms with Gasteiger partial charge in [-0.2, -0.15) is 8.78 Å².